The molecule has 0 bridgehead atoms. The zero-order chi connectivity index (χ0) is 54.6. The van der Waals surface area contributed by atoms with E-state index in [1.165, 1.54) is 61.2 Å². The van der Waals surface area contributed by atoms with Gasteiger partial charge in [0.15, 0.2) is 0 Å². The summed E-state index contributed by atoms with van der Waals surface area (Å²) in [6, 6.07) is 50.9. The van der Waals surface area contributed by atoms with Crippen LogP contribution in [0.4, 0.5) is 0 Å². The van der Waals surface area contributed by atoms with Crippen LogP contribution in [0, 0.1) is 41.5 Å². The van der Waals surface area contributed by atoms with Gasteiger partial charge in [0.05, 0.1) is 5.69 Å². The number of nitrogens with zero attached hydrogens (tertiary/aromatic N) is 6. The smallest absolute Gasteiger partial charge is 0.0702 e. The van der Waals surface area contributed by atoms with Gasteiger partial charge in [-0.25, -0.2) is 0 Å². The summed E-state index contributed by atoms with van der Waals surface area (Å²) in [6.45, 7) is 36.7. The summed E-state index contributed by atoms with van der Waals surface area (Å²) in [6.07, 6.45) is 19.7. The highest BCUT2D eigenvalue weighted by Gasteiger charge is 2.01. The molecule has 0 aliphatic carbocycles. The average molecular weight is 967 g/mol. The van der Waals surface area contributed by atoms with Gasteiger partial charge in [0.1, 0.15) is 0 Å². The minimum Gasteiger partial charge on any atom is -0.265 e. The third kappa shape index (κ3) is 34.8. The Balaban J connectivity index is -0.000000783. The van der Waals surface area contributed by atoms with Gasteiger partial charge < -0.3 is 0 Å². The van der Waals surface area contributed by atoms with E-state index in [9.17, 15) is 0 Å². The van der Waals surface area contributed by atoms with Crippen LogP contribution in [0.15, 0.2) is 220 Å². The van der Waals surface area contributed by atoms with Crippen molar-refractivity contribution in [3.8, 4) is 33.5 Å². The number of hydrogen-bond donors (Lipinski definition) is 0. The third-order valence-electron chi connectivity index (χ3n) is 8.33. The van der Waals surface area contributed by atoms with Gasteiger partial charge in [-0.3, -0.25) is 29.9 Å². The molecule has 0 atom stereocenters. The molecule has 9 rings (SSSR count). The molecule has 0 aliphatic heterocycles. The van der Waals surface area contributed by atoms with Gasteiger partial charge in [-0.05, 0) is 137 Å². The van der Waals surface area contributed by atoms with E-state index in [-0.39, 0.29) is 0 Å². The van der Waals surface area contributed by atoms with Crippen molar-refractivity contribution in [2.45, 2.75) is 125 Å². The summed E-state index contributed by atoms with van der Waals surface area (Å²) in [4.78, 5) is 23.8. The summed E-state index contributed by atoms with van der Waals surface area (Å²) in [5.74, 6) is 0. The van der Waals surface area contributed by atoms with Crippen molar-refractivity contribution >= 4 is 0 Å². The van der Waals surface area contributed by atoms with Gasteiger partial charge in [0.2, 0.25) is 0 Å². The molecule has 0 aliphatic rings. The minimum atomic E-state index is 1.04. The van der Waals surface area contributed by atoms with E-state index in [0.717, 1.165) is 5.69 Å². The molecule has 6 heterocycles. The highest BCUT2D eigenvalue weighted by atomic mass is 14.7. The van der Waals surface area contributed by atoms with Crippen molar-refractivity contribution in [3.63, 3.8) is 0 Å². The van der Waals surface area contributed by atoms with Crippen molar-refractivity contribution in [2.24, 2.45) is 0 Å². The molecule has 0 fully saturated rings. The average Bonchev–Trinajstić information content (AvgIpc) is 3.46. The first-order valence-electron chi connectivity index (χ1n) is 25.8. The molecule has 6 aromatic heterocycles. The molecule has 384 valence electrons. The quantitative estimate of drug-likeness (QED) is 0.176. The second-order valence-electron chi connectivity index (χ2n) is 13.9. The number of benzene rings is 3. The van der Waals surface area contributed by atoms with Crippen molar-refractivity contribution in [2.75, 3.05) is 0 Å². The maximum Gasteiger partial charge on any atom is 0.0702 e. The lowest BCUT2D eigenvalue weighted by molar-refractivity contribution is 1.30. The lowest BCUT2D eigenvalue weighted by Crippen LogP contribution is -1.84. The molecular formula is C66H90N6. The standard InChI is InChI=1S/3C13H13N.3C5H5N.6C2H6/c1-10-7-11(2)9-13(8-10)12-3-5-14-6-4-12;1-10-6-11(2)8-13(7-10)12-4-3-5-14-9-12;1-10-7-11(2)9-12(8-10)13-5-3-4-6-14-13;3*1-2-4-6-5-3-1;6*1-2/h3*3-9H,1-2H3;3*1-5H;6*1-2H3. The molecule has 3 aromatic carbocycles. The second-order valence-corrected chi connectivity index (χ2v) is 13.9. The molecule has 6 nitrogen and oxygen atoms in total. The summed E-state index contributed by atoms with van der Waals surface area (Å²) in [7, 11) is 0. The summed E-state index contributed by atoms with van der Waals surface area (Å²) in [5, 5.41) is 0. The zero-order valence-corrected chi connectivity index (χ0v) is 47.5. The Labute approximate surface area is 439 Å². The fourth-order valence-electron chi connectivity index (χ4n) is 5.95. The topological polar surface area (TPSA) is 77.3 Å². The van der Waals surface area contributed by atoms with Crippen LogP contribution in [-0.2, 0) is 0 Å². The van der Waals surface area contributed by atoms with E-state index in [2.05, 4.69) is 132 Å². The highest BCUT2D eigenvalue weighted by molar-refractivity contribution is 5.65. The monoisotopic (exact) mass is 967 g/mol. The number of aromatic nitrogens is 6. The molecule has 0 radical (unpaired) electrons. The molecule has 0 spiro atoms. The predicted molar refractivity (Wildman–Crippen MR) is 318 cm³/mol. The highest BCUT2D eigenvalue weighted by Crippen LogP contribution is 2.22. The van der Waals surface area contributed by atoms with E-state index >= 15 is 0 Å². The molecule has 9 aromatic rings. The van der Waals surface area contributed by atoms with Crippen molar-refractivity contribution in [1.29, 1.82) is 0 Å². The van der Waals surface area contributed by atoms with Crippen molar-refractivity contribution in [3.05, 3.63) is 253 Å². The van der Waals surface area contributed by atoms with E-state index in [0.29, 0.717) is 0 Å². The van der Waals surface area contributed by atoms with E-state index in [4.69, 9.17) is 0 Å². The Kier molecular flexibility index (Phi) is 47.8. The Morgan fingerprint density at radius 2 is 0.528 bits per heavy atom. The van der Waals surface area contributed by atoms with Gasteiger partial charge in [-0.1, -0.05) is 189 Å². The Hall–Kier alpha value is -7.44. The van der Waals surface area contributed by atoms with Gasteiger partial charge >= 0.3 is 0 Å². The normalized spacial score (nSPS) is 8.42. The van der Waals surface area contributed by atoms with Crippen LogP contribution in [0.2, 0.25) is 0 Å². The van der Waals surface area contributed by atoms with Gasteiger partial charge in [-0.15, -0.1) is 0 Å². The number of rotatable bonds is 3. The number of aryl methyl sites for hydroxylation is 6. The van der Waals surface area contributed by atoms with Crippen LogP contribution in [0.1, 0.15) is 116 Å². The third-order valence-corrected chi connectivity index (χ3v) is 8.33. The molecule has 0 amide bonds. The lowest BCUT2D eigenvalue weighted by Gasteiger charge is -2.04. The Morgan fingerprint density at radius 3 is 0.806 bits per heavy atom. The molecule has 0 saturated carbocycles. The van der Waals surface area contributed by atoms with Gasteiger partial charge in [0, 0.05) is 79.3 Å². The summed E-state index contributed by atoms with van der Waals surface area (Å²) >= 11 is 0. The fraction of sp³-hybridized carbons (Fsp3) is 0.273. The first-order chi connectivity index (χ1) is 35.3. The first-order valence-corrected chi connectivity index (χ1v) is 25.8. The van der Waals surface area contributed by atoms with Crippen molar-refractivity contribution < 1.29 is 0 Å². The van der Waals surface area contributed by atoms with Crippen LogP contribution in [0.25, 0.3) is 33.5 Å². The van der Waals surface area contributed by atoms with Crippen LogP contribution in [0.3, 0.4) is 0 Å². The van der Waals surface area contributed by atoms with Crippen LogP contribution < -0.4 is 0 Å². The zero-order valence-electron chi connectivity index (χ0n) is 47.5. The Morgan fingerprint density at radius 1 is 0.222 bits per heavy atom. The number of pyridine rings is 6. The lowest BCUT2D eigenvalue weighted by atomic mass is 10.0. The minimum absolute atomic E-state index is 1.04. The Bertz CT molecular complexity index is 2040. The maximum atomic E-state index is 4.33. The van der Waals surface area contributed by atoms with Gasteiger partial charge in [-0.2, -0.15) is 0 Å². The molecule has 0 unspecified atom stereocenters. The molecule has 0 saturated heterocycles. The molecule has 72 heavy (non-hydrogen) atoms. The largest absolute Gasteiger partial charge is 0.265 e. The van der Waals surface area contributed by atoms with E-state index in [1.807, 2.05) is 199 Å². The van der Waals surface area contributed by atoms with E-state index < -0.39 is 0 Å². The molecule has 6 heteroatoms. The van der Waals surface area contributed by atoms with Gasteiger partial charge in [0.25, 0.3) is 0 Å². The first kappa shape index (κ1) is 68.8. The molecular weight excluding hydrogens is 877 g/mol. The summed E-state index contributed by atoms with van der Waals surface area (Å²) in [5.41, 5.74) is 14.9. The van der Waals surface area contributed by atoms with Crippen LogP contribution in [0.5, 0.6) is 0 Å². The van der Waals surface area contributed by atoms with E-state index in [1.54, 1.807) is 43.4 Å². The maximum absolute atomic E-state index is 4.33. The number of hydrogen-bond acceptors (Lipinski definition) is 6. The van der Waals surface area contributed by atoms with Crippen molar-refractivity contribution in [1.82, 2.24) is 29.9 Å². The van der Waals surface area contributed by atoms with Crippen LogP contribution in [-0.4, -0.2) is 29.9 Å². The second kappa shape index (κ2) is 50.0. The predicted octanol–water partition coefficient (Wildman–Crippen LogP) is 19.5. The fourth-order valence-corrected chi connectivity index (χ4v) is 5.95. The van der Waals surface area contributed by atoms with Crippen LogP contribution >= 0.6 is 0 Å². The summed E-state index contributed by atoms with van der Waals surface area (Å²) < 4.78 is 0. The molecule has 0 N–H and O–H groups in total. The SMILES string of the molecule is CC.CC.CC.CC.CC.CC.Cc1cc(C)cc(-c2ccccn2)c1.Cc1cc(C)cc(-c2cccnc2)c1.Cc1cc(C)cc(-c2ccncc2)c1.c1ccncc1.c1ccncc1.c1ccncc1.